The number of nitrogens with zero attached hydrogens (tertiary/aromatic N) is 3. The van der Waals surface area contributed by atoms with Gasteiger partial charge in [-0.1, -0.05) is 31.2 Å². The molecular formula is C24H29N3O2. The van der Waals surface area contributed by atoms with Gasteiger partial charge in [-0.3, -0.25) is 4.79 Å². The Morgan fingerprint density at radius 3 is 2.69 bits per heavy atom. The standard InChI is InChI=1S/C24H29N3O2/c1-17-10-12-26(13-11-17)24(28)15-27-21-7-5-4-6-20(21)25-23(27)16-29-22-14-18(2)8-9-19(22)3/h4-9,14,17H,10-13,15-16H2,1-3H3. The molecule has 0 saturated carbocycles. The van der Waals surface area contributed by atoms with Gasteiger partial charge in [-0.2, -0.15) is 0 Å². The zero-order valence-electron chi connectivity index (χ0n) is 17.5. The molecule has 0 atom stereocenters. The number of piperidine rings is 1. The SMILES string of the molecule is Cc1ccc(C)c(OCc2nc3ccccc3n2CC(=O)N2CCC(C)CC2)c1. The molecule has 0 spiro atoms. The normalized spacial score (nSPS) is 15.1. The third-order valence-corrected chi connectivity index (χ3v) is 5.86. The van der Waals surface area contributed by atoms with Crippen LogP contribution in [-0.2, 0) is 17.9 Å². The molecule has 3 aromatic rings. The highest BCUT2D eigenvalue weighted by Gasteiger charge is 2.22. The van der Waals surface area contributed by atoms with Gasteiger partial charge < -0.3 is 14.2 Å². The molecule has 1 aliphatic heterocycles. The van der Waals surface area contributed by atoms with Gasteiger partial charge in [-0.15, -0.1) is 0 Å². The van der Waals surface area contributed by atoms with Crippen molar-refractivity contribution in [2.24, 2.45) is 5.92 Å². The molecule has 1 fully saturated rings. The second-order valence-corrected chi connectivity index (χ2v) is 8.22. The fourth-order valence-corrected chi connectivity index (χ4v) is 3.91. The Hall–Kier alpha value is -2.82. The van der Waals surface area contributed by atoms with Crippen molar-refractivity contribution in [1.29, 1.82) is 0 Å². The predicted octanol–water partition coefficient (Wildman–Crippen LogP) is 4.49. The van der Waals surface area contributed by atoms with Crippen molar-refractivity contribution < 1.29 is 9.53 Å². The molecule has 0 N–H and O–H groups in total. The van der Waals surface area contributed by atoms with E-state index in [0.29, 0.717) is 19.1 Å². The quantitative estimate of drug-likeness (QED) is 0.644. The molecule has 1 saturated heterocycles. The smallest absolute Gasteiger partial charge is 0.242 e. The van der Waals surface area contributed by atoms with Crippen LogP contribution in [0.4, 0.5) is 0 Å². The van der Waals surface area contributed by atoms with E-state index in [2.05, 4.69) is 26.0 Å². The van der Waals surface area contributed by atoms with Gasteiger partial charge in [0.15, 0.2) is 0 Å². The fourth-order valence-electron chi connectivity index (χ4n) is 3.91. The van der Waals surface area contributed by atoms with Gasteiger partial charge in [-0.05, 0) is 61.9 Å². The summed E-state index contributed by atoms with van der Waals surface area (Å²) in [6, 6.07) is 14.2. The maximum absolute atomic E-state index is 13.0. The second-order valence-electron chi connectivity index (χ2n) is 8.22. The number of imidazole rings is 1. The van der Waals surface area contributed by atoms with E-state index in [4.69, 9.17) is 9.72 Å². The van der Waals surface area contributed by atoms with Gasteiger partial charge in [0.2, 0.25) is 5.91 Å². The summed E-state index contributed by atoms with van der Waals surface area (Å²) in [5.74, 6) is 2.51. The van der Waals surface area contributed by atoms with Crippen molar-refractivity contribution in [2.45, 2.75) is 46.8 Å². The number of hydrogen-bond acceptors (Lipinski definition) is 3. The van der Waals surface area contributed by atoms with Crippen molar-refractivity contribution in [3.8, 4) is 5.75 Å². The van der Waals surface area contributed by atoms with Gasteiger partial charge in [0.25, 0.3) is 0 Å². The minimum absolute atomic E-state index is 0.160. The first-order valence-corrected chi connectivity index (χ1v) is 10.4. The predicted molar refractivity (Wildman–Crippen MR) is 115 cm³/mol. The van der Waals surface area contributed by atoms with E-state index in [1.54, 1.807) is 0 Å². The van der Waals surface area contributed by atoms with Crippen molar-refractivity contribution in [2.75, 3.05) is 13.1 Å². The molecule has 5 nitrogen and oxygen atoms in total. The number of rotatable bonds is 5. The van der Waals surface area contributed by atoms with E-state index in [9.17, 15) is 4.79 Å². The lowest BCUT2D eigenvalue weighted by molar-refractivity contribution is -0.133. The number of fused-ring (bicyclic) bond motifs is 1. The Bertz CT molecular complexity index is 1020. The maximum Gasteiger partial charge on any atom is 0.242 e. The van der Waals surface area contributed by atoms with Crippen LogP contribution in [0.2, 0.25) is 0 Å². The lowest BCUT2D eigenvalue weighted by atomic mass is 9.99. The number of aryl methyl sites for hydroxylation is 2. The van der Waals surface area contributed by atoms with Crippen molar-refractivity contribution >= 4 is 16.9 Å². The van der Waals surface area contributed by atoms with Crippen LogP contribution in [0.15, 0.2) is 42.5 Å². The minimum atomic E-state index is 0.160. The summed E-state index contributed by atoms with van der Waals surface area (Å²) in [4.78, 5) is 19.7. The molecule has 152 valence electrons. The lowest BCUT2D eigenvalue weighted by Crippen LogP contribution is -2.40. The van der Waals surface area contributed by atoms with E-state index in [-0.39, 0.29) is 5.91 Å². The Kier molecular flexibility index (Phi) is 5.56. The third kappa shape index (κ3) is 4.29. The molecule has 0 unspecified atom stereocenters. The van der Waals surface area contributed by atoms with Crippen LogP contribution in [0.1, 0.15) is 36.7 Å². The van der Waals surface area contributed by atoms with Crippen LogP contribution >= 0.6 is 0 Å². The van der Waals surface area contributed by atoms with Crippen molar-refractivity contribution in [1.82, 2.24) is 14.5 Å². The molecule has 1 aliphatic rings. The topological polar surface area (TPSA) is 47.4 Å². The average Bonchev–Trinajstić information content (AvgIpc) is 3.06. The molecule has 1 amide bonds. The Morgan fingerprint density at radius 2 is 1.90 bits per heavy atom. The van der Waals surface area contributed by atoms with Crippen LogP contribution in [0.25, 0.3) is 11.0 Å². The van der Waals surface area contributed by atoms with E-state index < -0.39 is 0 Å². The summed E-state index contributed by atoms with van der Waals surface area (Å²) in [6.45, 7) is 8.69. The zero-order chi connectivity index (χ0) is 20.4. The number of hydrogen-bond donors (Lipinski definition) is 0. The number of carbonyl (C=O) groups excluding carboxylic acids is 1. The highest BCUT2D eigenvalue weighted by atomic mass is 16.5. The number of para-hydroxylation sites is 2. The van der Waals surface area contributed by atoms with E-state index in [1.165, 1.54) is 0 Å². The Balaban J connectivity index is 1.57. The first-order chi connectivity index (χ1) is 14.0. The van der Waals surface area contributed by atoms with Crippen molar-refractivity contribution in [3.63, 3.8) is 0 Å². The minimum Gasteiger partial charge on any atom is -0.485 e. The molecular weight excluding hydrogens is 362 g/mol. The summed E-state index contributed by atoms with van der Waals surface area (Å²) >= 11 is 0. The Morgan fingerprint density at radius 1 is 1.14 bits per heavy atom. The maximum atomic E-state index is 13.0. The van der Waals surface area contributed by atoms with Gasteiger partial charge in [0.05, 0.1) is 11.0 Å². The molecule has 0 radical (unpaired) electrons. The fraction of sp³-hybridized carbons (Fsp3) is 0.417. The molecule has 29 heavy (non-hydrogen) atoms. The number of carbonyl (C=O) groups is 1. The van der Waals surface area contributed by atoms with Crippen LogP contribution in [-0.4, -0.2) is 33.4 Å². The van der Waals surface area contributed by atoms with Crippen LogP contribution in [0, 0.1) is 19.8 Å². The zero-order valence-corrected chi connectivity index (χ0v) is 17.5. The Labute approximate surface area is 172 Å². The summed E-state index contributed by atoms with van der Waals surface area (Å²) in [5.41, 5.74) is 4.13. The number of likely N-dealkylation sites (tertiary alicyclic amines) is 1. The van der Waals surface area contributed by atoms with Crippen LogP contribution in [0.5, 0.6) is 5.75 Å². The second kappa shape index (κ2) is 8.27. The number of benzene rings is 2. The largest absolute Gasteiger partial charge is 0.485 e. The first-order valence-electron chi connectivity index (χ1n) is 10.4. The molecule has 2 heterocycles. The molecule has 1 aromatic heterocycles. The third-order valence-electron chi connectivity index (χ3n) is 5.86. The van der Waals surface area contributed by atoms with Gasteiger partial charge in [-0.25, -0.2) is 4.98 Å². The number of amides is 1. The molecule has 0 bridgehead atoms. The summed E-state index contributed by atoms with van der Waals surface area (Å²) < 4.78 is 8.12. The number of aromatic nitrogens is 2. The molecule has 4 rings (SSSR count). The van der Waals surface area contributed by atoms with Gasteiger partial charge in [0, 0.05) is 13.1 Å². The van der Waals surface area contributed by atoms with Crippen LogP contribution in [0.3, 0.4) is 0 Å². The highest BCUT2D eigenvalue weighted by molar-refractivity contribution is 5.81. The molecule has 0 aliphatic carbocycles. The van der Waals surface area contributed by atoms with Crippen LogP contribution < -0.4 is 4.74 Å². The van der Waals surface area contributed by atoms with Crippen molar-refractivity contribution in [3.05, 3.63) is 59.4 Å². The number of ether oxygens (including phenoxy) is 1. The van der Waals surface area contributed by atoms with E-state index in [0.717, 1.165) is 59.7 Å². The van der Waals surface area contributed by atoms with Gasteiger partial charge in [0.1, 0.15) is 24.7 Å². The van der Waals surface area contributed by atoms with E-state index in [1.807, 2.05) is 46.7 Å². The first kappa shape index (κ1) is 19.5. The monoisotopic (exact) mass is 391 g/mol. The average molecular weight is 392 g/mol. The molecule has 2 aromatic carbocycles. The van der Waals surface area contributed by atoms with E-state index >= 15 is 0 Å². The highest BCUT2D eigenvalue weighted by Crippen LogP contribution is 2.23. The summed E-state index contributed by atoms with van der Waals surface area (Å²) in [6.07, 6.45) is 2.16. The summed E-state index contributed by atoms with van der Waals surface area (Å²) in [5, 5.41) is 0. The van der Waals surface area contributed by atoms with Gasteiger partial charge >= 0.3 is 0 Å². The lowest BCUT2D eigenvalue weighted by Gasteiger charge is -2.30. The summed E-state index contributed by atoms with van der Waals surface area (Å²) in [7, 11) is 0. The molecule has 5 heteroatoms.